The van der Waals surface area contributed by atoms with E-state index in [-0.39, 0.29) is 66.1 Å². The van der Waals surface area contributed by atoms with Gasteiger partial charge in [0, 0.05) is 54.1 Å². The summed E-state index contributed by atoms with van der Waals surface area (Å²) in [4.78, 5) is 54.9. The number of carbonyl (C=O) groups excluding carboxylic acids is 4. The maximum Gasteiger partial charge on any atom is 0.311 e. The van der Waals surface area contributed by atoms with E-state index in [4.69, 9.17) is 37.9 Å². The number of aliphatic hydroxyl groups is 7. The van der Waals surface area contributed by atoms with Gasteiger partial charge < -0.3 is 78.5 Å². The van der Waals surface area contributed by atoms with Crippen molar-refractivity contribution in [2.45, 2.75) is 256 Å². The number of methoxy groups -OCH3 is 1. The standard InChI is InChI=1S/C37H67NO13.C24H32O6/c1-14-25-37(10,45)30(41)20(4)27(39)18(2)16-35(8,44)32(51-34-28(40)24(38(11)12)15-19(3)47-34)21(5)29(22(6)33(43)49-25)50-26-17-36(9,46-13)31(42)23(7)48-26;1-21(2)29-19-10-16-15-6-5-13-9-14(26)7-8-22(13,3)20(15)17(27)11-23(16,4)24(19,30-21)18(28)12-25/h18-26,28-32,34,40-42,44-45H,14-17H2,1-13H3;7-9,15-17,19-20,25,27H,5-6,10-12H2,1-4H3/t18-,19-,20+,21+,22-,23+,24+,25-,26+,28-,29+,30-,31+,32-,34+,35-,36-,37-;15-,16-,17-,19+,20+,22-,23-,24+/m10/s1. The first kappa shape index (κ1) is 65.9. The molecule has 0 spiro atoms. The maximum atomic E-state index is 14.1. The van der Waals surface area contributed by atoms with Gasteiger partial charge in [0.15, 0.2) is 35.5 Å². The lowest BCUT2D eigenvalue weighted by molar-refractivity contribution is -0.318. The molecule has 0 aromatic carbocycles. The van der Waals surface area contributed by atoms with Crippen molar-refractivity contribution in [1.82, 2.24) is 4.90 Å². The summed E-state index contributed by atoms with van der Waals surface area (Å²) in [5, 5.41) is 78.9. The highest BCUT2D eigenvalue weighted by Gasteiger charge is 2.77. The molecule has 4 saturated heterocycles. The first-order valence-electron chi connectivity index (χ1n) is 29.6. The molecular weight excluding hydrogens is 1050 g/mol. The molecule has 4 heterocycles. The molecule has 81 heavy (non-hydrogen) atoms. The van der Waals surface area contributed by atoms with Crippen molar-refractivity contribution in [3.63, 3.8) is 0 Å². The van der Waals surface area contributed by atoms with Crippen LogP contribution >= 0.6 is 0 Å². The Balaban J connectivity index is 0.000000265. The van der Waals surface area contributed by atoms with Crippen LogP contribution in [0.15, 0.2) is 23.8 Å². The van der Waals surface area contributed by atoms with E-state index >= 15 is 0 Å². The van der Waals surface area contributed by atoms with Crippen molar-refractivity contribution in [1.29, 1.82) is 0 Å². The number of allylic oxidation sites excluding steroid dienone is 4. The molecule has 0 aromatic heterocycles. The lowest BCUT2D eigenvalue weighted by Crippen LogP contribution is -2.63. The van der Waals surface area contributed by atoms with Gasteiger partial charge in [0.2, 0.25) is 0 Å². The number of nitrogens with zero attached hydrogens (tertiary/aromatic N) is 1. The second-order valence-corrected chi connectivity index (χ2v) is 27.3. The first-order valence-corrected chi connectivity index (χ1v) is 29.6. The van der Waals surface area contributed by atoms with E-state index in [1.165, 1.54) is 27.9 Å². The molecule has 0 aromatic rings. The van der Waals surface area contributed by atoms with E-state index in [0.717, 1.165) is 18.4 Å². The second kappa shape index (κ2) is 23.9. The highest BCUT2D eigenvalue weighted by Crippen LogP contribution is 2.70. The Morgan fingerprint density at radius 3 is 2.11 bits per heavy atom. The van der Waals surface area contributed by atoms with E-state index in [1.54, 1.807) is 67.5 Å². The molecule has 0 unspecified atom stereocenters. The van der Waals surface area contributed by atoms with Crippen LogP contribution in [-0.4, -0.2) is 200 Å². The maximum absolute atomic E-state index is 14.1. The lowest BCUT2D eigenvalue weighted by atomic mass is 9.46. The normalized spacial score (nSPS) is 50.2. The molecule has 0 radical (unpaired) electrons. The van der Waals surface area contributed by atoms with Crippen LogP contribution in [0.25, 0.3) is 0 Å². The molecule has 0 amide bonds. The van der Waals surface area contributed by atoms with Gasteiger partial charge in [-0.3, -0.25) is 19.2 Å². The SMILES string of the molecule is CC1(C)O[C@@H]2C[C@H]3[C@@H]4CCC5=CC(=O)C=C[C@]5(C)[C@H]4[C@@H](O)C[C@]3(C)[C@]2(C(=O)CO)O1.CC[C@H]1OC(=O)[C@H](C)[C@@H](O[C@H]2C[C@@](C)(OC)[C@@H](O)[C@H](C)O2)[C@H](C)[C@@H](O[C@@H]2O[C@H](C)C[C@H](N(C)C)[C@H]2O)[C@](C)(O)C[C@@H](C)C(=O)[C@H](C)[C@@H](O)[C@]1(C)O. The number of esters is 1. The molecule has 0 bridgehead atoms. The predicted octanol–water partition coefficient (Wildman–Crippen LogP) is 4.11. The highest BCUT2D eigenvalue weighted by molar-refractivity contribution is 6.01. The van der Waals surface area contributed by atoms with Crippen molar-refractivity contribution in [2.24, 2.45) is 52.3 Å². The van der Waals surface area contributed by atoms with Crippen molar-refractivity contribution in [3.8, 4) is 0 Å². The Kier molecular flexibility index (Phi) is 19.4. The largest absolute Gasteiger partial charge is 0.459 e. The molecule has 3 saturated carbocycles. The molecule has 4 aliphatic heterocycles. The van der Waals surface area contributed by atoms with Crippen LogP contribution in [0.1, 0.15) is 148 Å². The van der Waals surface area contributed by atoms with E-state index in [0.29, 0.717) is 19.3 Å². The average molecular weight is 1150 g/mol. The van der Waals surface area contributed by atoms with Crippen molar-refractivity contribution in [3.05, 3.63) is 23.8 Å². The predicted molar refractivity (Wildman–Crippen MR) is 295 cm³/mol. The number of aliphatic hydroxyl groups excluding tert-OH is 5. The third kappa shape index (κ3) is 11.9. The minimum atomic E-state index is -1.99. The Morgan fingerprint density at radius 2 is 1.51 bits per heavy atom. The number of likely N-dealkylation sites (N-methyl/N-ethyl adjacent to an activating group) is 1. The molecule has 4 aliphatic carbocycles. The highest BCUT2D eigenvalue weighted by atomic mass is 16.8. The van der Waals surface area contributed by atoms with Gasteiger partial charge in [0.05, 0.1) is 59.8 Å². The van der Waals surface area contributed by atoms with E-state index in [1.807, 2.05) is 38.9 Å². The number of rotatable bonds is 9. The summed E-state index contributed by atoms with van der Waals surface area (Å²) in [5.41, 5.74) is -5.96. The summed E-state index contributed by atoms with van der Waals surface area (Å²) < 4.78 is 49.6. The fraction of sp³-hybridized carbons (Fsp3) is 0.869. The monoisotopic (exact) mass is 1150 g/mol. The van der Waals surface area contributed by atoms with Gasteiger partial charge in [-0.15, -0.1) is 0 Å². The van der Waals surface area contributed by atoms with E-state index in [2.05, 4.69) is 6.92 Å². The molecule has 7 fully saturated rings. The third-order valence-electron chi connectivity index (χ3n) is 20.9. The van der Waals surface area contributed by atoms with Crippen LogP contribution in [0.3, 0.4) is 0 Å². The number of fused-ring (bicyclic) bond motifs is 7. The van der Waals surface area contributed by atoms with Gasteiger partial charge in [-0.25, -0.2) is 0 Å². The topological polar surface area (TPSA) is 287 Å². The van der Waals surface area contributed by atoms with Crippen LogP contribution in [0, 0.1) is 52.3 Å². The van der Waals surface area contributed by atoms with Gasteiger partial charge in [-0.2, -0.15) is 0 Å². The van der Waals surface area contributed by atoms with Crippen LogP contribution in [0.2, 0.25) is 0 Å². The number of Topliss-reactive ketones (excluding diaryl/α,β-unsaturated/α-hetero) is 2. The van der Waals surface area contributed by atoms with Gasteiger partial charge in [0.25, 0.3) is 0 Å². The number of hydrogen-bond donors (Lipinski definition) is 7. The summed E-state index contributed by atoms with van der Waals surface area (Å²) in [6.45, 7) is 23.5. The molecule has 462 valence electrons. The van der Waals surface area contributed by atoms with Crippen LogP contribution in [-0.2, 0) is 57.1 Å². The summed E-state index contributed by atoms with van der Waals surface area (Å²) >= 11 is 0. The van der Waals surface area contributed by atoms with E-state index in [9.17, 15) is 54.9 Å². The zero-order chi connectivity index (χ0) is 60.7. The number of ether oxygens (including phenoxy) is 8. The van der Waals surface area contributed by atoms with Gasteiger partial charge >= 0.3 is 5.97 Å². The third-order valence-corrected chi connectivity index (χ3v) is 20.9. The Bertz CT molecular complexity index is 2360. The molecule has 20 nitrogen and oxygen atoms in total. The molecule has 8 aliphatic rings. The zero-order valence-electron chi connectivity index (χ0n) is 51.1. The van der Waals surface area contributed by atoms with Crippen molar-refractivity contribution >= 4 is 23.3 Å². The molecule has 20 heteroatoms. The summed E-state index contributed by atoms with van der Waals surface area (Å²) in [7, 11) is 5.18. The summed E-state index contributed by atoms with van der Waals surface area (Å²) in [6.07, 6.45) is -2.67. The Hall–Kier alpha value is -2.64. The van der Waals surface area contributed by atoms with Crippen LogP contribution in [0.4, 0.5) is 0 Å². The number of cyclic esters (lactones) is 1. The molecule has 8 rings (SSSR count). The quantitative estimate of drug-likeness (QED) is 0.160. The summed E-state index contributed by atoms with van der Waals surface area (Å²) in [6, 6.07) is -0.324. The molecule has 7 N–H and O–H groups in total. The second-order valence-electron chi connectivity index (χ2n) is 27.3. The first-order chi connectivity index (χ1) is 37.4. The summed E-state index contributed by atoms with van der Waals surface area (Å²) in [5.74, 6) is -5.92. The van der Waals surface area contributed by atoms with Gasteiger partial charge in [-0.05, 0) is 138 Å². The average Bonchev–Trinajstić information content (AvgIpc) is 2.19. The Morgan fingerprint density at radius 1 is 0.852 bits per heavy atom. The molecule has 26 atom stereocenters. The number of ketones is 3. The van der Waals surface area contributed by atoms with Crippen LogP contribution < -0.4 is 0 Å². The van der Waals surface area contributed by atoms with Crippen molar-refractivity contribution < 1.29 is 92.8 Å². The van der Waals surface area contributed by atoms with Crippen molar-refractivity contribution in [2.75, 3.05) is 27.8 Å². The lowest BCUT2D eigenvalue weighted by Gasteiger charge is -2.59. The fourth-order valence-corrected chi connectivity index (χ4v) is 16.4. The number of carbonyl (C=O) groups is 4. The minimum absolute atomic E-state index is 0.0167. The minimum Gasteiger partial charge on any atom is -0.459 e. The van der Waals surface area contributed by atoms with Crippen LogP contribution in [0.5, 0.6) is 0 Å². The fourth-order valence-electron chi connectivity index (χ4n) is 16.4. The zero-order valence-corrected chi connectivity index (χ0v) is 51.1. The van der Waals surface area contributed by atoms with E-state index < -0.39 is 143 Å². The smallest absolute Gasteiger partial charge is 0.311 e. The van der Waals surface area contributed by atoms with Gasteiger partial charge in [-0.1, -0.05) is 53.2 Å². The number of hydrogen-bond acceptors (Lipinski definition) is 20. The Labute approximate surface area is 479 Å². The van der Waals surface area contributed by atoms with Gasteiger partial charge in [0.1, 0.15) is 36.3 Å². The molecular formula is C61H99NO19.